The van der Waals surface area contributed by atoms with Crippen LogP contribution in [0.4, 0.5) is 34.1 Å². The Labute approximate surface area is 328 Å². The van der Waals surface area contributed by atoms with E-state index >= 15 is 0 Å². The van der Waals surface area contributed by atoms with Gasteiger partial charge in [0.1, 0.15) is 0 Å². The summed E-state index contributed by atoms with van der Waals surface area (Å²) in [4.78, 5) is 4.82. The van der Waals surface area contributed by atoms with Crippen LogP contribution in [0.25, 0.3) is 54.2 Å². The second-order valence-electron chi connectivity index (χ2n) is 14.7. The minimum Gasteiger partial charge on any atom is -0.310 e. The molecule has 266 valence electrons. The Morgan fingerprint density at radius 2 is 0.607 bits per heavy atom. The molecule has 0 saturated carbocycles. The van der Waals surface area contributed by atoms with Crippen molar-refractivity contribution in [2.24, 2.45) is 0 Å². The van der Waals surface area contributed by atoms with Gasteiger partial charge in [-0.1, -0.05) is 146 Å². The summed E-state index contributed by atoms with van der Waals surface area (Å²) in [6.45, 7) is 4.48. The molecule has 0 unspecified atom stereocenters. The molecular weight excluding hydrogens is 677 g/mol. The molecular formula is C54H40N2. The Morgan fingerprint density at radius 1 is 0.268 bits per heavy atom. The quantitative estimate of drug-likeness (QED) is 0.162. The molecule has 0 spiro atoms. The number of aryl methyl sites for hydroxylation is 2. The fourth-order valence-electron chi connectivity index (χ4n) is 8.47. The lowest BCUT2D eigenvalue weighted by Gasteiger charge is -2.29. The van der Waals surface area contributed by atoms with Crippen LogP contribution in [0.1, 0.15) is 11.1 Å². The molecule has 0 saturated heterocycles. The van der Waals surface area contributed by atoms with Gasteiger partial charge in [0, 0.05) is 33.5 Å². The first-order valence-electron chi connectivity index (χ1n) is 19.3. The van der Waals surface area contributed by atoms with E-state index in [-0.39, 0.29) is 0 Å². The highest BCUT2D eigenvalue weighted by atomic mass is 15.1. The van der Waals surface area contributed by atoms with Crippen LogP contribution in [0.5, 0.6) is 0 Å². The normalized spacial score (nSPS) is 11.4. The number of rotatable bonds is 7. The van der Waals surface area contributed by atoms with Gasteiger partial charge < -0.3 is 9.80 Å². The standard InChI is InChI=1S/C54H40N2/c1-37-33-45(55(47-27-25-39-13-3-5-17-43(39)35-47)53-23-11-19-41-15-7-9-21-51(41)53)29-31-49(37)50-32-30-46(34-38(50)2)56(48-28-26-40-14-4-6-18-44(40)36-48)54-24-12-20-42-16-8-10-22-52(42)54/h3-36H,1-2H3. The Bertz CT molecular complexity index is 2870. The third kappa shape index (κ3) is 5.93. The molecule has 0 aliphatic carbocycles. The molecule has 2 heteroatoms. The van der Waals surface area contributed by atoms with E-state index in [0.29, 0.717) is 0 Å². The van der Waals surface area contributed by atoms with E-state index in [4.69, 9.17) is 0 Å². The van der Waals surface area contributed by atoms with Gasteiger partial charge in [0.15, 0.2) is 0 Å². The molecule has 10 rings (SSSR count). The van der Waals surface area contributed by atoms with Crippen LogP contribution >= 0.6 is 0 Å². The average Bonchev–Trinajstić information content (AvgIpc) is 3.24. The van der Waals surface area contributed by atoms with Crippen LogP contribution < -0.4 is 9.80 Å². The van der Waals surface area contributed by atoms with Crippen molar-refractivity contribution >= 4 is 77.2 Å². The molecule has 0 bridgehead atoms. The van der Waals surface area contributed by atoms with Crippen LogP contribution in [-0.2, 0) is 0 Å². The average molecular weight is 717 g/mol. The van der Waals surface area contributed by atoms with Gasteiger partial charge in [0.25, 0.3) is 0 Å². The van der Waals surface area contributed by atoms with Crippen LogP contribution in [0.2, 0.25) is 0 Å². The molecule has 10 aromatic rings. The number of benzene rings is 10. The van der Waals surface area contributed by atoms with Gasteiger partial charge in [-0.3, -0.25) is 0 Å². The molecule has 0 heterocycles. The van der Waals surface area contributed by atoms with Gasteiger partial charge in [-0.05, 0) is 129 Å². The lowest BCUT2D eigenvalue weighted by molar-refractivity contribution is 1.28. The van der Waals surface area contributed by atoms with Gasteiger partial charge in [-0.25, -0.2) is 0 Å². The minimum atomic E-state index is 1.13. The number of fused-ring (bicyclic) bond motifs is 4. The Morgan fingerprint density at radius 3 is 1.04 bits per heavy atom. The smallest absolute Gasteiger partial charge is 0.0540 e. The molecule has 56 heavy (non-hydrogen) atoms. The van der Waals surface area contributed by atoms with Crippen LogP contribution in [0.15, 0.2) is 206 Å². The third-order valence-electron chi connectivity index (χ3n) is 11.2. The zero-order valence-corrected chi connectivity index (χ0v) is 31.5. The summed E-state index contributed by atoms with van der Waals surface area (Å²) in [6, 6.07) is 75.1. The largest absolute Gasteiger partial charge is 0.310 e. The van der Waals surface area contributed by atoms with Gasteiger partial charge in [-0.15, -0.1) is 0 Å². The van der Waals surface area contributed by atoms with Crippen LogP contribution in [0, 0.1) is 13.8 Å². The second-order valence-corrected chi connectivity index (χ2v) is 14.7. The van der Waals surface area contributed by atoms with Gasteiger partial charge in [-0.2, -0.15) is 0 Å². The van der Waals surface area contributed by atoms with Crippen molar-refractivity contribution in [2.45, 2.75) is 13.8 Å². The first kappa shape index (κ1) is 33.4. The van der Waals surface area contributed by atoms with Gasteiger partial charge in [0.05, 0.1) is 11.4 Å². The SMILES string of the molecule is Cc1cc(N(c2ccc3ccccc3c2)c2cccc3ccccc23)ccc1-c1ccc(N(c2ccc3ccccc3c2)c2cccc3ccccc23)cc1C. The van der Waals surface area contributed by atoms with Crippen molar-refractivity contribution in [2.75, 3.05) is 9.80 Å². The van der Waals surface area contributed by atoms with Crippen molar-refractivity contribution in [3.8, 4) is 11.1 Å². The maximum atomic E-state index is 2.41. The van der Waals surface area contributed by atoms with Crippen LogP contribution in [-0.4, -0.2) is 0 Å². The summed E-state index contributed by atoms with van der Waals surface area (Å²) in [5.41, 5.74) is 11.8. The molecule has 0 atom stereocenters. The molecule has 10 aromatic carbocycles. The van der Waals surface area contributed by atoms with E-state index in [9.17, 15) is 0 Å². The van der Waals surface area contributed by atoms with E-state index in [1.165, 1.54) is 65.3 Å². The van der Waals surface area contributed by atoms with E-state index in [0.717, 1.165) is 34.1 Å². The second kappa shape index (κ2) is 13.9. The number of anilines is 6. The molecule has 0 N–H and O–H groups in total. The van der Waals surface area contributed by atoms with Crippen LogP contribution in [0.3, 0.4) is 0 Å². The van der Waals surface area contributed by atoms with Gasteiger partial charge >= 0.3 is 0 Å². The zero-order valence-electron chi connectivity index (χ0n) is 31.5. The Kier molecular flexibility index (Phi) is 8.30. The molecule has 0 aliphatic heterocycles. The zero-order chi connectivity index (χ0) is 37.6. The molecule has 0 aromatic heterocycles. The Balaban J connectivity index is 1.08. The third-order valence-corrected chi connectivity index (χ3v) is 11.2. The predicted molar refractivity (Wildman–Crippen MR) is 241 cm³/mol. The van der Waals surface area contributed by atoms with Gasteiger partial charge in [0.2, 0.25) is 0 Å². The maximum Gasteiger partial charge on any atom is 0.0540 e. The maximum absolute atomic E-state index is 2.41. The first-order chi connectivity index (χ1) is 27.6. The summed E-state index contributed by atoms with van der Waals surface area (Å²) in [5.74, 6) is 0. The number of hydrogen-bond acceptors (Lipinski definition) is 2. The molecule has 0 fully saturated rings. The van der Waals surface area contributed by atoms with Crippen molar-refractivity contribution in [3.63, 3.8) is 0 Å². The minimum absolute atomic E-state index is 1.13. The highest BCUT2D eigenvalue weighted by molar-refractivity contribution is 6.02. The van der Waals surface area contributed by atoms with Crippen molar-refractivity contribution in [3.05, 3.63) is 217 Å². The topological polar surface area (TPSA) is 6.48 Å². The fourth-order valence-corrected chi connectivity index (χ4v) is 8.47. The molecule has 0 aliphatic rings. The highest BCUT2D eigenvalue weighted by Gasteiger charge is 2.20. The first-order valence-corrected chi connectivity index (χ1v) is 19.3. The van der Waals surface area contributed by atoms with E-state index in [1.54, 1.807) is 0 Å². The predicted octanol–water partition coefficient (Wildman–Crippen LogP) is 15.5. The molecule has 2 nitrogen and oxygen atoms in total. The summed E-state index contributed by atoms with van der Waals surface area (Å²) >= 11 is 0. The number of hydrogen-bond donors (Lipinski definition) is 0. The monoisotopic (exact) mass is 716 g/mol. The van der Waals surface area contributed by atoms with Crippen molar-refractivity contribution in [1.29, 1.82) is 0 Å². The number of nitrogens with zero attached hydrogens (tertiary/aromatic N) is 2. The summed E-state index contributed by atoms with van der Waals surface area (Å²) in [6.07, 6.45) is 0. The van der Waals surface area contributed by atoms with Crippen molar-refractivity contribution < 1.29 is 0 Å². The highest BCUT2D eigenvalue weighted by Crippen LogP contribution is 2.44. The summed E-state index contributed by atoms with van der Waals surface area (Å²) in [5, 5.41) is 9.80. The summed E-state index contributed by atoms with van der Waals surface area (Å²) in [7, 11) is 0. The lowest BCUT2D eigenvalue weighted by atomic mass is 9.94. The fraction of sp³-hybridized carbons (Fsp3) is 0.0370. The van der Waals surface area contributed by atoms with E-state index in [2.05, 4.69) is 230 Å². The molecule has 0 radical (unpaired) electrons. The van der Waals surface area contributed by atoms with E-state index < -0.39 is 0 Å². The summed E-state index contributed by atoms with van der Waals surface area (Å²) < 4.78 is 0. The lowest BCUT2D eigenvalue weighted by Crippen LogP contribution is -2.11. The van der Waals surface area contributed by atoms with E-state index in [1.807, 2.05) is 0 Å². The molecule has 0 amide bonds. The Hall–Kier alpha value is -7.16. The van der Waals surface area contributed by atoms with Crippen molar-refractivity contribution in [1.82, 2.24) is 0 Å².